The number of nitrogens with two attached hydrogens (primary N) is 1. The molecular formula is C39H63N9O10. The second kappa shape index (κ2) is 17.1. The Bertz CT molecular complexity index is 1790. The molecular weight excluding hydrogens is 754 g/mol. The van der Waals surface area contributed by atoms with Crippen LogP contribution in [0.25, 0.3) is 11.2 Å². The Morgan fingerprint density at radius 1 is 0.914 bits per heavy atom. The molecule has 3 aliphatic heterocycles. The highest BCUT2D eigenvalue weighted by Gasteiger charge is 2.56. The Morgan fingerprint density at radius 2 is 1.55 bits per heavy atom. The van der Waals surface area contributed by atoms with Crippen LogP contribution in [0.5, 0.6) is 0 Å². The van der Waals surface area contributed by atoms with Gasteiger partial charge in [0.25, 0.3) is 0 Å². The van der Waals surface area contributed by atoms with Crippen LogP contribution in [0.3, 0.4) is 0 Å². The summed E-state index contributed by atoms with van der Waals surface area (Å²) in [6, 6.07) is -1.24. The summed E-state index contributed by atoms with van der Waals surface area (Å²) in [6.45, 7) is 23.4. The first-order valence-corrected chi connectivity index (χ1v) is 19.9. The third kappa shape index (κ3) is 11.7. The lowest BCUT2D eigenvalue weighted by atomic mass is 10.1. The Morgan fingerprint density at radius 3 is 2.17 bits per heavy atom. The predicted octanol–water partition coefficient (Wildman–Crippen LogP) is 3.61. The number of ether oxygens (including phenoxy) is 6. The number of fused-ring (bicyclic) bond motifs is 2. The van der Waals surface area contributed by atoms with E-state index in [0.29, 0.717) is 56.9 Å². The van der Waals surface area contributed by atoms with Gasteiger partial charge in [0.2, 0.25) is 5.91 Å². The molecule has 0 aromatic carbocycles. The van der Waals surface area contributed by atoms with E-state index in [1.54, 1.807) is 62.2 Å². The molecule has 1 unspecified atom stereocenters. The standard InChI is InChI=1S/C39H63N9O10/c1-23(49)46-18-24(19-46)47(35(52)58-38(8,9)10)16-13-15-45(17-14-25(33(50)56-36(2,3)4)44-34(51)57-37(5,6)7)20-26-28-29(55-39(11,12)54-28)32(53-26)48-22-43-27-30(40)41-21-42-31(27)48/h21-22,24-26,28-29,32H,13-20H2,1-12H3,(H,44,51)(H2,40,41,42)/t25?,26-,28-,29-,32-/m1/s1. The lowest BCUT2D eigenvalue weighted by molar-refractivity contribution is -0.198. The van der Waals surface area contributed by atoms with Gasteiger partial charge in [-0.2, -0.15) is 0 Å². The number of nitrogens with zero attached hydrogens (tertiary/aromatic N) is 7. The summed E-state index contributed by atoms with van der Waals surface area (Å²) in [4.78, 5) is 70.4. The SMILES string of the molecule is CC(=O)N1CC(N(CCCN(CCC(NC(=O)OC(C)(C)C)C(=O)OC(C)(C)C)C[C@H]2O[C@@H](n3cnc4c(N)ncnc43)[C@@H]3OC(C)(C)O[C@@H]32)C(=O)OC(C)(C)C)C1. The molecule has 2 aromatic heterocycles. The number of carbonyl (C=O) groups is 4. The minimum Gasteiger partial charge on any atom is -0.458 e. The number of anilines is 1. The molecule has 5 rings (SSSR count). The van der Waals surface area contributed by atoms with Crippen molar-refractivity contribution in [2.24, 2.45) is 0 Å². The lowest BCUT2D eigenvalue weighted by Gasteiger charge is -2.45. The van der Waals surface area contributed by atoms with Gasteiger partial charge >= 0.3 is 18.2 Å². The molecule has 0 saturated carbocycles. The van der Waals surface area contributed by atoms with Crippen LogP contribution < -0.4 is 11.1 Å². The Labute approximate surface area is 340 Å². The van der Waals surface area contributed by atoms with E-state index in [4.69, 9.17) is 34.2 Å². The highest BCUT2D eigenvalue weighted by atomic mass is 16.8. The largest absolute Gasteiger partial charge is 0.458 e. The summed E-state index contributed by atoms with van der Waals surface area (Å²) in [7, 11) is 0. The predicted molar refractivity (Wildman–Crippen MR) is 211 cm³/mol. The third-order valence-corrected chi connectivity index (χ3v) is 9.59. The summed E-state index contributed by atoms with van der Waals surface area (Å²) in [6.07, 6.45) is 0.164. The molecule has 5 atom stereocenters. The molecule has 58 heavy (non-hydrogen) atoms. The van der Waals surface area contributed by atoms with Crippen molar-refractivity contribution in [1.29, 1.82) is 0 Å². The van der Waals surface area contributed by atoms with Gasteiger partial charge in [0, 0.05) is 39.6 Å². The van der Waals surface area contributed by atoms with Crippen LogP contribution in [0.4, 0.5) is 15.4 Å². The second-order valence-corrected chi connectivity index (χ2v) is 18.6. The maximum absolute atomic E-state index is 13.5. The number of imidazole rings is 1. The molecule has 0 aliphatic carbocycles. The molecule has 19 nitrogen and oxygen atoms in total. The number of likely N-dealkylation sites (tertiary alicyclic amines) is 1. The van der Waals surface area contributed by atoms with E-state index in [1.165, 1.54) is 13.3 Å². The van der Waals surface area contributed by atoms with Crippen LogP contribution in [-0.2, 0) is 38.0 Å². The number of aromatic nitrogens is 4. The van der Waals surface area contributed by atoms with Crippen molar-refractivity contribution in [2.75, 3.05) is 45.0 Å². The van der Waals surface area contributed by atoms with Crippen molar-refractivity contribution in [3.63, 3.8) is 0 Å². The monoisotopic (exact) mass is 817 g/mol. The minimum atomic E-state index is -1.04. The lowest BCUT2D eigenvalue weighted by Crippen LogP contribution is -2.62. The first kappa shape index (κ1) is 44.8. The van der Waals surface area contributed by atoms with Crippen LogP contribution in [0, 0.1) is 0 Å². The zero-order chi connectivity index (χ0) is 43.0. The molecule has 19 heteroatoms. The summed E-state index contributed by atoms with van der Waals surface area (Å²) >= 11 is 0. The van der Waals surface area contributed by atoms with Gasteiger partial charge in [0.05, 0.1) is 12.4 Å². The van der Waals surface area contributed by atoms with Crippen LogP contribution in [0.15, 0.2) is 12.7 Å². The fourth-order valence-corrected chi connectivity index (χ4v) is 7.14. The van der Waals surface area contributed by atoms with E-state index < -0.39 is 71.3 Å². The second-order valence-electron chi connectivity index (χ2n) is 18.6. The van der Waals surface area contributed by atoms with Gasteiger partial charge in [-0.15, -0.1) is 0 Å². The number of hydrogen-bond acceptors (Lipinski definition) is 15. The summed E-state index contributed by atoms with van der Waals surface area (Å²) in [5.41, 5.74) is 4.70. The molecule has 3 saturated heterocycles. The molecule has 3 fully saturated rings. The molecule has 2 aromatic rings. The van der Waals surface area contributed by atoms with Crippen LogP contribution in [-0.4, -0.2) is 151 Å². The van der Waals surface area contributed by atoms with Gasteiger partial charge in [0.15, 0.2) is 23.5 Å². The molecule has 3 amide bonds. The fraction of sp³-hybridized carbons (Fsp3) is 0.769. The summed E-state index contributed by atoms with van der Waals surface area (Å²) in [5.74, 6) is -1.34. The van der Waals surface area contributed by atoms with Gasteiger partial charge in [-0.25, -0.2) is 29.3 Å². The maximum atomic E-state index is 13.5. The minimum absolute atomic E-state index is 0.0554. The third-order valence-electron chi connectivity index (χ3n) is 9.59. The Balaban J connectivity index is 1.40. The van der Waals surface area contributed by atoms with E-state index in [1.807, 2.05) is 34.6 Å². The zero-order valence-corrected chi connectivity index (χ0v) is 36.1. The van der Waals surface area contributed by atoms with E-state index in [-0.39, 0.29) is 24.2 Å². The number of rotatable bonds is 13. The number of amides is 3. The average Bonchev–Trinajstić information content (AvgIpc) is 3.70. The van der Waals surface area contributed by atoms with Crippen LogP contribution in [0.1, 0.15) is 102 Å². The number of nitrogen functional groups attached to an aromatic ring is 1. The first-order valence-electron chi connectivity index (χ1n) is 19.9. The Kier molecular flexibility index (Phi) is 13.2. The molecule has 3 aliphatic rings. The fourth-order valence-electron chi connectivity index (χ4n) is 7.14. The van der Waals surface area contributed by atoms with Crippen molar-refractivity contribution >= 4 is 41.0 Å². The molecule has 0 spiro atoms. The van der Waals surface area contributed by atoms with E-state index in [0.717, 1.165) is 0 Å². The van der Waals surface area contributed by atoms with E-state index >= 15 is 0 Å². The quantitative estimate of drug-likeness (QED) is 0.218. The number of hydrogen-bond donors (Lipinski definition) is 2. The average molecular weight is 818 g/mol. The highest BCUT2D eigenvalue weighted by Crippen LogP contribution is 2.44. The normalized spacial score (nSPS) is 22.7. The smallest absolute Gasteiger partial charge is 0.410 e. The van der Waals surface area contributed by atoms with Crippen molar-refractivity contribution < 1.29 is 47.6 Å². The highest BCUT2D eigenvalue weighted by molar-refractivity contribution is 5.82. The van der Waals surface area contributed by atoms with Gasteiger partial charge in [-0.05, 0) is 95.5 Å². The van der Waals surface area contributed by atoms with E-state index in [2.05, 4.69) is 25.2 Å². The van der Waals surface area contributed by atoms with E-state index in [9.17, 15) is 19.2 Å². The van der Waals surface area contributed by atoms with Crippen molar-refractivity contribution in [1.82, 2.24) is 39.5 Å². The van der Waals surface area contributed by atoms with Crippen molar-refractivity contribution in [3.05, 3.63) is 12.7 Å². The summed E-state index contributed by atoms with van der Waals surface area (Å²) in [5, 5.41) is 2.72. The molecule has 0 bridgehead atoms. The summed E-state index contributed by atoms with van der Waals surface area (Å²) < 4.78 is 38.4. The molecule has 5 heterocycles. The number of esters is 1. The molecule has 0 radical (unpaired) electrons. The zero-order valence-electron chi connectivity index (χ0n) is 36.1. The van der Waals surface area contributed by atoms with Gasteiger partial charge in [-0.3, -0.25) is 9.36 Å². The molecule has 324 valence electrons. The van der Waals surface area contributed by atoms with Gasteiger partial charge in [0.1, 0.15) is 53.0 Å². The van der Waals surface area contributed by atoms with Gasteiger partial charge < -0.3 is 54.2 Å². The maximum Gasteiger partial charge on any atom is 0.410 e. The number of nitrogens with one attached hydrogen (secondary N) is 1. The van der Waals surface area contributed by atoms with Crippen molar-refractivity contribution in [3.8, 4) is 0 Å². The number of carbonyl (C=O) groups excluding carboxylic acids is 4. The first-order chi connectivity index (χ1) is 26.8. The molecule has 3 N–H and O–H groups in total. The van der Waals surface area contributed by atoms with Crippen LogP contribution in [0.2, 0.25) is 0 Å². The van der Waals surface area contributed by atoms with Crippen LogP contribution >= 0.6 is 0 Å². The Hall–Kier alpha value is -4.33. The van der Waals surface area contributed by atoms with Gasteiger partial charge in [-0.1, -0.05) is 0 Å². The topological polar surface area (TPSA) is 215 Å². The van der Waals surface area contributed by atoms with Crippen molar-refractivity contribution in [2.45, 2.75) is 155 Å². The number of alkyl carbamates (subject to hydrolysis) is 1.